The Labute approximate surface area is 148 Å². The molecule has 0 radical (unpaired) electrons. The monoisotopic (exact) mass is 337 g/mol. The second kappa shape index (κ2) is 8.38. The van der Waals surface area contributed by atoms with Crippen LogP contribution in [0.3, 0.4) is 0 Å². The summed E-state index contributed by atoms with van der Waals surface area (Å²) in [5.74, 6) is 1.41. The highest BCUT2D eigenvalue weighted by Gasteiger charge is 2.16. The number of hydrogen-bond acceptors (Lipinski definition) is 3. The molecule has 4 heteroatoms. The van der Waals surface area contributed by atoms with Gasteiger partial charge in [0.1, 0.15) is 0 Å². The molecule has 0 saturated carbocycles. The summed E-state index contributed by atoms with van der Waals surface area (Å²) in [4.78, 5) is 12.2. The minimum Gasteiger partial charge on any atom is -0.490 e. The Morgan fingerprint density at radius 2 is 1.88 bits per heavy atom. The molecule has 2 aromatic carbocycles. The van der Waals surface area contributed by atoms with Gasteiger partial charge in [-0.15, -0.1) is 0 Å². The van der Waals surface area contributed by atoms with Crippen molar-refractivity contribution in [3.05, 3.63) is 65.7 Å². The van der Waals surface area contributed by atoms with Crippen LogP contribution in [0.25, 0.3) is 6.08 Å². The topological polar surface area (TPSA) is 47.6 Å². The number of hydrogen-bond donors (Lipinski definition) is 1. The Balaban J connectivity index is 1.69. The molecule has 1 aliphatic rings. The summed E-state index contributed by atoms with van der Waals surface area (Å²) in [5, 5.41) is 3.05. The molecule has 3 rings (SSSR count). The molecule has 0 aliphatic carbocycles. The van der Waals surface area contributed by atoms with E-state index in [0.717, 1.165) is 35.5 Å². The highest BCUT2D eigenvalue weighted by molar-refractivity contribution is 5.92. The minimum atomic E-state index is -0.109. The van der Waals surface area contributed by atoms with Gasteiger partial charge in [-0.25, -0.2) is 0 Å². The second-order valence-corrected chi connectivity index (χ2v) is 5.97. The van der Waals surface area contributed by atoms with E-state index in [1.165, 1.54) is 0 Å². The Morgan fingerprint density at radius 3 is 2.64 bits per heavy atom. The van der Waals surface area contributed by atoms with Crippen LogP contribution in [0.1, 0.15) is 36.9 Å². The molecule has 0 saturated heterocycles. The second-order valence-electron chi connectivity index (χ2n) is 5.97. The van der Waals surface area contributed by atoms with Crippen LogP contribution in [0.5, 0.6) is 11.5 Å². The number of fused-ring (bicyclic) bond motifs is 1. The third kappa shape index (κ3) is 4.63. The number of nitrogens with one attached hydrogen (secondary N) is 1. The van der Waals surface area contributed by atoms with Crippen molar-refractivity contribution in [1.82, 2.24) is 5.32 Å². The zero-order chi connectivity index (χ0) is 17.5. The molecule has 1 heterocycles. The van der Waals surface area contributed by atoms with Gasteiger partial charge in [0.05, 0.1) is 19.3 Å². The molecular weight excluding hydrogens is 314 g/mol. The summed E-state index contributed by atoms with van der Waals surface area (Å²) >= 11 is 0. The van der Waals surface area contributed by atoms with Gasteiger partial charge in [-0.05, 0) is 35.8 Å². The van der Waals surface area contributed by atoms with Crippen molar-refractivity contribution in [2.75, 3.05) is 13.2 Å². The van der Waals surface area contributed by atoms with Crippen molar-refractivity contribution in [3.63, 3.8) is 0 Å². The fraction of sp³-hybridized carbons (Fsp3) is 0.286. The summed E-state index contributed by atoms with van der Waals surface area (Å²) < 4.78 is 11.4. The smallest absolute Gasteiger partial charge is 0.244 e. The summed E-state index contributed by atoms with van der Waals surface area (Å²) in [6.45, 7) is 3.37. The fourth-order valence-electron chi connectivity index (χ4n) is 2.77. The quantitative estimate of drug-likeness (QED) is 0.835. The molecule has 25 heavy (non-hydrogen) atoms. The zero-order valence-corrected chi connectivity index (χ0v) is 14.4. The highest BCUT2D eigenvalue weighted by Crippen LogP contribution is 2.33. The SMILES string of the molecule is CCC(NC(=O)C=Cc1ccccc1)c1ccc2c(c1)OCCCO2. The van der Waals surface area contributed by atoms with E-state index in [1.807, 2.05) is 54.6 Å². The lowest BCUT2D eigenvalue weighted by atomic mass is 10.0. The van der Waals surface area contributed by atoms with E-state index in [1.54, 1.807) is 6.08 Å². The maximum atomic E-state index is 12.2. The van der Waals surface area contributed by atoms with Crippen molar-refractivity contribution in [2.45, 2.75) is 25.8 Å². The number of carbonyl (C=O) groups excluding carboxylic acids is 1. The van der Waals surface area contributed by atoms with Gasteiger partial charge in [-0.2, -0.15) is 0 Å². The van der Waals surface area contributed by atoms with Crippen LogP contribution >= 0.6 is 0 Å². The van der Waals surface area contributed by atoms with Crippen molar-refractivity contribution in [2.24, 2.45) is 0 Å². The lowest BCUT2D eigenvalue weighted by Gasteiger charge is -2.18. The van der Waals surface area contributed by atoms with Crippen LogP contribution in [-0.4, -0.2) is 19.1 Å². The molecule has 0 fully saturated rings. The normalized spacial score (nSPS) is 14.8. The van der Waals surface area contributed by atoms with Crippen LogP contribution in [0.15, 0.2) is 54.6 Å². The standard InChI is InChI=1S/C21H23NO3/c1-2-18(22-21(23)12-9-16-7-4-3-5-8-16)17-10-11-19-20(15-17)25-14-6-13-24-19/h3-5,7-12,15,18H,2,6,13-14H2,1H3,(H,22,23). The summed E-state index contributed by atoms with van der Waals surface area (Å²) in [6.07, 6.45) is 5.06. The minimum absolute atomic E-state index is 0.0647. The molecule has 1 atom stereocenters. The van der Waals surface area contributed by atoms with Crippen molar-refractivity contribution < 1.29 is 14.3 Å². The van der Waals surface area contributed by atoms with E-state index >= 15 is 0 Å². The first-order valence-electron chi connectivity index (χ1n) is 8.69. The van der Waals surface area contributed by atoms with Gasteiger partial charge < -0.3 is 14.8 Å². The lowest BCUT2D eigenvalue weighted by Crippen LogP contribution is -2.26. The number of ether oxygens (including phenoxy) is 2. The molecule has 0 aromatic heterocycles. The van der Waals surface area contributed by atoms with E-state index in [9.17, 15) is 4.79 Å². The van der Waals surface area contributed by atoms with E-state index in [4.69, 9.17) is 9.47 Å². The Bertz CT molecular complexity index is 740. The van der Waals surface area contributed by atoms with Crippen LogP contribution in [0.2, 0.25) is 0 Å². The Kier molecular flexibility index (Phi) is 5.73. The summed E-state index contributed by atoms with van der Waals surface area (Å²) in [5.41, 5.74) is 2.02. The van der Waals surface area contributed by atoms with Gasteiger partial charge in [0.15, 0.2) is 11.5 Å². The van der Waals surface area contributed by atoms with E-state index in [0.29, 0.717) is 13.2 Å². The number of rotatable bonds is 5. The average Bonchev–Trinajstić information content (AvgIpc) is 2.90. The van der Waals surface area contributed by atoms with Crippen molar-refractivity contribution in [3.8, 4) is 11.5 Å². The number of amides is 1. The molecular formula is C21H23NO3. The summed E-state index contributed by atoms with van der Waals surface area (Å²) in [7, 11) is 0. The van der Waals surface area contributed by atoms with Crippen LogP contribution in [0, 0.1) is 0 Å². The number of benzene rings is 2. The van der Waals surface area contributed by atoms with Gasteiger partial charge in [0.2, 0.25) is 5.91 Å². The average molecular weight is 337 g/mol. The van der Waals surface area contributed by atoms with E-state index in [2.05, 4.69) is 12.2 Å². The van der Waals surface area contributed by atoms with Gasteiger partial charge in [-0.3, -0.25) is 4.79 Å². The first-order valence-corrected chi connectivity index (χ1v) is 8.69. The Morgan fingerprint density at radius 1 is 1.12 bits per heavy atom. The zero-order valence-electron chi connectivity index (χ0n) is 14.4. The number of carbonyl (C=O) groups is 1. The predicted octanol–water partition coefficient (Wildman–Crippen LogP) is 4.13. The molecule has 0 spiro atoms. The van der Waals surface area contributed by atoms with Gasteiger partial charge >= 0.3 is 0 Å². The fourth-order valence-corrected chi connectivity index (χ4v) is 2.77. The predicted molar refractivity (Wildman–Crippen MR) is 98.7 cm³/mol. The molecule has 0 bridgehead atoms. The van der Waals surface area contributed by atoms with E-state index < -0.39 is 0 Å². The third-order valence-electron chi connectivity index (χ3n) is 4.13. The molecule has 1 amide bonds. The first-order chi connectivity index (χ1) is 12.3. The van der Waals surface area contributed by atoms with Crippen molar-refractivity contribution >= 4 is 12.0 Å². The molecule has 1 aliphatic heterocycles. The molecule has 1 unspecified atom stereocenters. The molecule has 130 valence electrons. The maximum Gasteiger partial charge on any atom is 0.244 e. The summed E-state index contributed by atoms with van der Waals surface area (Å²) in [6, 6.07) is 15.6. The van der Waals surface area contributed by atoms with Gasteiger partial charge in [0.25, 0.3) is 0 Å². The van der Waals surface area contributed by atoms with Crippen LogP contribution in [0.4, 0.5) is 0 Å². The van der Waals surface area contributed by atoms with Crippen LogP contribution < -0.4 is 14.8 Å². The molecule has 4 nitrogen and oxygen atoms in total. The first kappa shape index (κ1) is 17.1. The molecule has 1 N–H and O–H groups in total. The highest BCUT2D eigenvalue weighted by atomic mass is 16.5. The third-order valence-corrected chi connectivity index (χ3v) is 4.13. The largest absolute Gasteiger partial charge is 0.490 e. The van der Waals surface area contributed by atoms with E-state index in [-0.39, 0.29) is 11.9 Å². The maximum absolute atomic E-state index is 12.2. The van der Waals surface area contributed by atoms with Crippen molar-refractivity contribution in [1.29, 1.82) is 0 Å². The Hall–Kier alpha value is -2.75. The van der Waals surface area contributed by atoms with Gasteiger partial charge in [0, 0.05) is 12.5 Å². The van der Waals surface area contributed by atoms with Gasteiger partial charge in [-0.1, -0.05) is 43.3 Å². The van der Waals surface area contributed by atoms with Crippen LogP contribution in [-0.2, 0) is 4.79 Å². The molecule has 2 aromatic rings. The lowest BCUT2D eigenvalue weighted by molar-refractivity contribution is -0.117.